The Bertz CT molecular complexity index is 3060. The summed E-state index contributed by atoms with van der Waals surface area (Å²) in [6.45, 7) is 4.81. The number of hydrogen-bond acceptors (Lipinski definition) is 0. The molecule has 0 atom stereocenters. The van der Waals surface area contributed by atoms with Crippen molar-refractivity contribution in [2.24, 2.45) is 0 Å². The average Bonchev–Trinajstić information content (AvgIpc) is 3.46. The zero-order chi connectivity index (χ0) is 35.3. The van der Waals surface area contributed by atoms with Gasteiger partial charge in [-0.3, -0.25) is 0 Å². The zero-order valence-electron chi connectivity index (χ0n) is 29.8. The summed E-state index contributed by atoms with van der Waals surface area (Å²) >= 11 is 0. The van der Waals surface area contributed by atoms with Crippen LogP contribution in [0.2, 0.25) is 0 Å². The first kappa shape index (κ1) is 30.2. The van der Waals surface area contributed by atoms with Gasteiger partial charge in [0.1, 0.15) is 0 Å². The summed E-state index contributed by atoms with van der Waals surface area (Å²) in [4.78, 5) is 0. The van der Waals surface area contributed by atoms with Gasteiger partial charge in [0, 0.05) is 5.41 Å². The molecule has 0 nitrogen and oxygen atoms in total. The van der Waals surface area contributed by atoms with Gasteiger partial charge in [-0.1, -0.05) is 190 Å². The van der Waals surface area contributed by atoms with Crippen LogP contribution in [-0.4, -0.2) is 0 Å². The first-order chi connectivity index (χ1) is 26.1. The average molecular weight is 673 g/mol. The highest BCUT2D eigenvalue weighted by atomic mass is 14.4. The van der Waals surface area contributed by atoms with E-state index in [0.29, 0.717) is 0 Å². The Kier molecular flexibility index (Phi) is 6.40. The first-order valence-electron chi connectivity index (χ1n) is 18.7. The van der Waals surface area contributed by atoms with Gasteiger partial charge >= 0.3 is 0 Å². The van der Waals surface area contributed by atoms with Gasteiger partial charge in [-0.2, -0.15) is 0 Å². The predicted molar refractivity (Wildman–Crippen MR) is 228 cm³/mol. The molecule has 0 unspecified atom stereocenters. The molecule has 0 saturated carbocycles. The Morgan fingerprint density at radius 3 is 1.38 bits per heavy atom. The molecular formula is C53H36. The van der Waals surface area contributed by atoms with Crippen molar-refractivity contribution < 1.29 is 0 Å². The van der Waals surface area contributed by atoms with Crippen molar-refractivity contribution >= 4 is 53.9 Å². The van der Waals surface area contributed by atoms with Gasteiger partial charge in [0.25, 0.3) is 0 Å². The van der Waals surface area contributed by atoms with E-state index in [9.17, 15) is 0 Å². The Balaban J connectivity index is 1.08. The summed E-state index contributed by atoms with van der Waals surface area (Å²) < 4.78 is 0. The molecule has 0 fully saturated rings. The van der Waals surface area contributed by atoms with Crippen LogP contribution in [0, 0.1) is 0 Å². The van der Waals surface area contributed by atoms with E-state index in [1.165, 1.54) is 109 Å². The second kappa shape index (κ2) is 11.2. The third-order valence-electron chi connectivity index (χ3n) is 12.0. The van der Waals surface area contributed by atoms with E-state index in [4.69, 9.17) is 0 Å². The van der Waals surface area contributed by atoms with Crippen LogP contribution >= 0.6 is 0 Å². The molecule has 0 bridgehead atoms. The van der Waals surface area contributed by atoms with Gasteiger partial charge in [0.2, 0.25) is 0 Å². The highest BCUT2D eigenvalue weighted by Crippen LogP contribution is 2.54. The quantitative estimate of drug-likeness (QED) is 0.129. The third kappa shape index (κ3) is 4.36. The molecule has 0 amide bonds. The van der Waals surface area contributed by atoms with Crippen LogP contribution in [0.25, 0.3) is 98.4 Å². The lowest BCUT2D eigenvalue weighted by atomic mass is 9.77. The van der Waals surface area contributed by atoms with Crippen LogP contribution in [0.5, 0.6) is 0 Å². The smallest absolute Gasteiger partial charge is 0.0171 e. The molecule has 11 rings (SSSR count). The van der Waals surface area contributed by atoms with E-state index in [-0.39, 0.29) is 5.41 Å². The van der Waals surface area contributed by atoms with E-state index >= 15 is 0 Å². The van der Waals surface area contributed by atoms with Gasteiger partial charge in [0.05, 0.1) is 0 Å². The van der Waals surface area contributed by atoms with Gasteiger partial charge in [-0.05, 0) is 116 Å². The number of rotatable bonds is 3. The molecule has 0 aliphatic heterocycles. The van der Waals surface area contributed by atoms with Crippen molar-refractivity contribution in [3.63, 3.8) is 0 Å². The molecular weight excluding hydrogens is 637 g/mol. The van der Waals surface area contributed by atoms with Crippen LogP contribution in [0.1, 0.15) is 25.0 Å². The van der Waals surface area contributed by atoms with Crippen LogP contribution in [0.3, 0.4) is 0 Å². The van der Waals surface area contributed by atoms with Crippen LogP contribution in [0.4, 0.5) is 0 Å². The molecule has 0 heteroatoms. The lowest BCUT2D eigenvalue weighted by molar-refractivity contribution is 0.668. The standard InChI is InChI=1S/C53H36/c1-53(2)51-41(20-11-21-46(51)47-31-30-34-13-4-6-15-40(34)52(47)53)35-24-27-37(28-25-35)49-42-16-7-9-18-44(42)50(45-19-10-8-17-43(45)49)38-29-26-36-23-22-33-12-3-5-14-39(33)48(36)32-38/h3-32H,1-2H3. The Morgan fingerprint density at radius 1 is 0.283 bits per heavy atom. The van der Waals surface area contributed by atoms with E-state index in [1.54, 1.807) is 0 Å². The Morgan fingerprint density at radius 2 is 0.717 bits per heavy atom. The molecule has 1 aliphatic carbocycles. The van der Waals surface area contributed by atoms with Gasteiger partial charge < -0.3 is 0 Å². The fourth-order valence-electron chi connectivity index (χ4n) is 9.71. The van der Waals surface area contributed by atoms with E-state index in [1.807, 2.05) is 0 Å². The Labute approximate surface area is 309 Å². The minimum absolute atomic E-state index is 0.127. The topological polar surface area (TPSA) is 0 Å². The summed E-state index contributed by atoms with van der Waals surface area (Å²) in [6, 6.07) is 67.8. The lowest BCUT2D eigenvalue weighted by Gasteiger charge is -2.26. The first-order valence-corrected chi connectivity index (χ1v) is 18.7. The maximum absolute atomic E-state index is 2.40. The van der Waals surface area contributed by atoms with Crippen molar-refractivity contribution in [2.45, 2.75) is 19.3 Å². The highest BCUT2D eigenvalue weighted by molar-refractivity contribution is 6.22. The van der Waals surface area contributed by atoms with Crippen molar-refractivity contribution in [1.82, 2.24) is 0 Å². The predicted octanol–water partition coefficient (Wildman–Crippen LogP) is 14.8. The van der Waals surface area contributed by atoms with Gasteiger partial charge in [-0.25, -0.2) is 0 Å². The molecule has 10 aromatic rings. The minimum Gasteiger partial charge on any atom is -0.0616 e. The normalized spacial score (nSPS) is 13.2. The fourth-order valence-corrected chi connectivity index (χ4v) is 9.71. The summed E-state index contributed by atoms with van der Waals surface area (Å²) in [5, 5.41) is 12.9. The molecule has 1 aliphatic rings. The molecule has 10 aromatic carbocycles. The van der Waals surface area contributed by atoms with Crippen molar-refractivity contribution in [3.05, 3.63) is 193 Å². The summed E-state index contributed by atoms with van der Waals surface area (Å²) in [6.07, 6.45) is 0. The minimum atomic E-state index is -0.127. The number of benzene rings is 10. The SMILES string of the molecule is CC1(C)c2c(-c3ccc(-c4c5ccccc5c(-c5ccc6ccc7ccccc7c6c5)c5ccccc45)cc3)cccc2-c2ccc3ccccc3c21. The molecule has 53 heavy (non-hydrogen) atoms. The van der Waals surface area contributed by atoms with Crippen LogP contribution < -0.4 is 0 Å². The second-order valence-electron chi connectivity index (χ2n) is 15.2. The van der Waals surface area contributed by atoms with Crippen LogP contribution in [0.15, 0.2) is 182 Å². The van der Waals surface area contributed by atoms with Crippen molar-refractivity contribution in [1.29, 1.82) is 0 Å². The zero-order valence-corrected chi connectivity index (χ0v) is 29.8. The molecule has 0 N–H and O–H groups in total. The maximum Gasteiger partial charge on any atom is 0.0171 e. The lowest BCUT2D eigenvalue weighted by Crippen LogP contribution is -2.16. The fraction of sp³-hybridized carbons (Fsp3) is 0.0566. The van der Waals surface area contributed by atoms with Crippen molar-refractivity contribution in [3.8, 4) is 44.5 Å². The van der Waals surface area contributed by atoms with Crippen LogP contribution in [-0.2, 0) is 5.41 Å². The summed E-state index contributed by atoms with van der Waals surface area (Å²) in [5.41, 5.74) is 13.1. The number of fused-ring (bicyclic) bond motifs is 10. The largest absolute Gasteiger partial charge is 0.0616 e. The summed E-state index contributed by atoms with van der Waals surface area (Å²) in [7, 11) is 0. The Hall–Kier alpha value is -6.50. The maximum atomic E-state index is 2.40. The monoisotopic (exact) mass is 672 g/mol. The van der Waals surface area contributed by atoms with Gasteiger partial charge in [0.15, 0.2) is 0 Å². The van der Waals surface area contributed by atoms with Crippen molar-refractivity contribution in [2.75, 3.05) is 0 Å². The molecule has 0 aromatic heterocycles. The summed E-state index contributed by atoms with van der Waals surface area (Å²) in [5.74, 6) is 0. The molecule has 0 heterocycles. The molecule has 0 saturated heterocycles. The third-order valence-corrected chi connectivity index (χ3v) is 12.0. The van der Waals surface area contributed by atoms with Gasteiger partial charge in [-0.15, -0.1) is 0 Å². The molecule has 0 radical (unpaired) electrons. The second-order valence-corrected chi connectivity index (χ2v) is 15.2. The molecule has 248 valence electrons. The van der Waals surface area contributed by atoms with E-state index in [0.717, 1.165) is 0 Å². The highest BCUT2D eigenvalue weighted by Gasteiger charge is 2.38. The number of hydrogen-bond donors (Lipinski definition) is 0. The molecule has 0 spiro atoms. The van der Waals surface area contributed by atoms with E-state index < -0.39 is 0 Å². The van der Waals surface area contributed by atoms with E-state index in [2.05, 4.69) is 196 Å².